The van der Waals surface area contributed by atoms with Crippen molar-refractivity contribution in [1.29, 1.82) is 0 Å². The molecule has 0 radical (unpaired) electrons. The molecule has 1 aromatic rings. The van der Waals surface area contributed by atoms with Crippen LogP contribution in [0.3, 0.4) is 0 Å². The lowest BCUT2D eigenvalue weighted by Crippen LogP contribution is -2.45. The van der Waals surface area contributed by atoms with Gasteiger partial charge in [-0.3, -0.25) is 4.79 Å². The van der Waals surface area contributed by atoms with Crippen LogP contribution in [0.25, 0.3) is 0 Å². The molecule has 1 N–H and O–H groups in total. The summed E-state index contributed by atoms with van der Waals surface area (Å²) in [7, 11) is 0. The summed E-state index contributed by atoms with van der Waals surface area (Å²) in [5, 5.41) is 17.2. The highest BCUT2D eigenvalue weighted by Crippen LogP contribution is 2.20. The molecule has 1 aliphatic heterocycles. The molecule has 6 nitrogen and oxygen atoms in total. The van der Waals surface area contributed by atoms with Gasteiger partial charge >= 0.3 is 5.97 Å². The fourth-order valence-corrected chi connectivity index (χ4v) is 2.53. The van der Waals surface area contributed by atoms with Crippen LogP contribution in [0.15, 0.2) is 6.07 Å². The fraction of sp³-hybridized carbons (Fsp3) is 0.571. The third-order valence-electron chi connectivity index (χ3n) is 3.63. The lowest BCUT2D eigenvalue weighted by molar-refractivity contribution is -0.142. The van der Waals surface area contributed by atoms with E-state index >= 15 is 0 Å². The molecule has 1 unspecified atom stereocenters. The van der Waals surface area contributed by atoms with Gasteiger partial charge in [0, 0.05) is 6.54 Å². The first-order valence-corrected chi connectivity index (χ1v) is 6.85. The topological polar surface area (TPSA) is 83.4 Å². The van der Waals surface area contributed by atoms with E-state index in [1.165, 1.54) is 4.90 Å². The molecule has 1 fully saturated rings. The highest BCUT2D eigenvalue weighted by molar-refractivity contribution is 5.97. The zero-order valence-corrected chi connectivity index (χ0v) is 11.8. The van der Waals surface area contributed by atoms with Gasteiger partial charge in [0.05, 0.1) is 17.0 Å². The van der Waals surface area contributed by atoms with Crippen molar-refractivity contribution in [2.24, 2.45) is 0 Å². The molecule has 6 heteroatoms. The number of rotatable bonds is 2. The number of aliphatic carboxylic acids is 1. The number of aryl methyl sites for hydroxylation is 2. The van der Waals surface area contributed by atoms with E-state index in [0.29, 0.717) is 29.9 Å². The SMILES string of the molecule is Cc1cc(C(=O)N2CCCCCC2C(=O)O)c(C)nn1. The molecule has 1 amide bonds. The number of likely N-dealkylation sites (tertiary alicyclic amines) is 1. The van der Waals surface area contributed by atoms with Gasteiger partial charge in [0.2, 0.25) is 0 Å². The summed E-state index contributed by atoms with van der Waals surface area (Å²) in [6.07, 6.45) is 3.15. The Hall–Kier alpha value is -1.98. The number of carboxylic acid groups (broad SMARTS) is 1. The quantitative estimate of drug-likeness (QED) is 0.887. The van der Waals surface area contributed by atoms with Crippen LogP contribution < -0.4 is 0 Å². The molecular weight excluding hydrogens is 258 g/mol. The van der Waals surface area contributed by atoms with Crippen molar-refractivity contribution in [3.8, 4) is 0 Å². The maximum atomic E-state index is 12.6. The molecule has 1 atom stereocenters. The summed E-state index contributed by atoms with van der Waals surface area (Å²) in [5.74, 6) is -1.19. The average molecular weight is 277 g/mol. The Kier molecular flexibility index (Phi) is 4.32. The van der Waals surface area contributed by atoms with Crippen molar-refractivity contribution in [3.05, 3.63) is 23.0 Å². The van der Waals surface area contributed by atoms with Crippen molar-refractivity contribution in [1.82, 2.24) is 15.1 Å². The number of hydrogen-bond donors (Lipinski definition) is 1. The fourth-order valence-electron chi connectivity index (χ4n) is 2.53. The predicted octanol–water partition coefficient (Wildman–Crippen LogP) is 1.56. The number of nitrogens with zero attached hydrogens (tertiary/aromatic N) is 3. The maximum Gasteiger partial charge on any atom is 0.326 e. The minimum Gasteiger partial charge on any atom is -0.480 e. The first-order valence-electron chi connectivity index (χ1n) is 6.85. The van der Waals surface area contributed by atoms with Gasteiger partial charge in [0.1, 0.15) is 6.04 Å². The number of hydrogen-bond acceptors (Lipinski definition) is 4. The smallest absolute Gasteiger partial charge is 0.326 e. The van der Waals surface area contributed by atoms with Crippen LogP contribution in [0.4, 0.5) is 0 Å². The maximum absolute atomic E-state index is 12.6. The summed E-state index contributed by atoms with van der Waals surface area (Å²) in [6.45, 7) is 3.96. The van der Waals surface area contributed by atoms with Gasteiger partial charge < -0.3 is 10.0 Å². The van der Waals surface area contributed by atoms with Crippen molar-refractivity contribution >= 4 is 11.9 Å². The summed E-state index contributed by atoms with van der Waals surface area (Å²) >= 11 is 0. The molecule has 0 aliphatic carbocycles. The van der Waals surface area contributed by atoms with E-state index in [1.54, 1.807) is 19.9 Å². The lowest BCUT2D eigenvalue weighted by Gasteiger charge is -2.27. The number of carbonyl (C=O) groups is 2. The summed E-state index contributed by atoms with van der Waals surface area (Å²) in [5.41, 5.74) is 1.64. The van der Waals surface area contributed by atoms with Crippen molar-refractivity contribution in [2.75, 3.05) is 6.54 Å². The second kappa shape index (κ2) is 5.98. The van der Waals surface area contributed by atoms with Gasteiger partial charge in [-0.25, -0.2) is 4.79 Å². The Morgan fingerprint density at radius 3 is 2.70 bits per heavy atom. The van der Waals surface area contributed by atoms with Crippen LogP contribution in [0, 0.1) is 13.8 Å². The lowest BCUT2D eigenvalue weighted by atomic mass is 10.1. The largest absolute Gasteiger partial charge is 0.480 e. The van der Waals surface area contributed by atoms with Gasteiger partial charge in [-0.2, -0.15) is 10.2 Å². The van der Waals surface area contributed by atoms with Crippen LogP contribution in [0.1, 0.15) is 47.4 Å². The number of amides is 1. The normalized spacial score (nSPS) is 19.5. The number of aromatic nitrogens is 2. The van der Waals surface area contributed by atoms with Crippen LogP contribution >= 0.6 is 0 Å². The van der Waals surface area contributed by atoms with Gasteiger partial charge in [-0.05, 0) is 32.8 Å². The third kappa shape index (κ3) is 2.95. The van der Waals surface area contributed by atoms with Crippen LogP contribution in [-0.2, 0) is 4.79 Å². The Bertz CT molecular complexity index is 530. The minimum atomic E-state index is -0.934. The van der Waals surface area contributed by atoms with Crippen LogP contribution in [-0.4, -0.2) is 44.7 Å². The second-order valence-electron chi connectivity index (χ2n) is 5.19. The Balaban J connectivity index is 2.33. The van der Waals surface area contributed by atoms with E-state index in [1.807, 2.05) is 0 Å². The summed E-state index contributed by atoms with van der Waals surface area (Å²) < 4.78 is 0. The zero-order chi connectivity index (χ0) is 14.7. The molecule has 0 aromatic carbocycles. The molecule has 1 aromatic heterocycles. The molecular formula is C14H19N3O3. The second-order valence-corrected chi connectivity index (χ2v) is 5.19. The molecule has 0 spiro atoms. The van der Waals surface area contributed by atoms with E-state index < -0.39 is 12.0 Å². The molecule has 108 valence electrons. The molecule has 0 saturated carbocycles. The Morgan fingerprint density at radius 1 is 1.25 bits per heavy atom. The van der Waals surface area contributed by atoms with Gasteiger partial charge in [-0.1, -0.05) is 12.8 Å². The first kappa shape index (κ1) is 14.4. The van der Waals surface area contributed by atoms with E-state index in [4.69, 9.17) is 0 Å². The van der Waals surface area contributed by atoms with E-state index in [2.05, 4.69) is 10.2 Å². The van der Waals surface area contributed by atoms with Crippen molar-refractivity contribution in [3.63, 3.8) is 0 Å². The Morgan fingerprint density at radius 2 is 2.00 bits per heavy atom. The standard InChI is InChI=1S/C14H19N3O3/c1-9-8-11(10(2)16-15-9)13(18)17-7-5-3-4-6-12(17)14(19)20/h8,12H,3-7H2,1-2H3,(H,19,20). The van der Waals surface area contributed by atoms with Crippen molar-refractivity contribution < 1.29 is 14.7 Å². The molecule has 2 heterocycles. The average Bonchev–Trinajstić information content (AvgIpc) is 2.66. The molecule has 1 aliphatic rings. The van der Waals surface area contributed by atoms with E-state index in [-0.39, 0.29) is 5.91 Å². The Labute approximate surface area is 117 Å². The van der Waals surface area contributed by atoms with Crippen molar-refractivity contribution in [2.45, 2.75) is 45.6 Å². The highest BCUT2D eigenvalue weighted by Gasteiger charge is 2.32. The van der Waals surface area contributed by atoms with Gasteiger partial charge in [0.15, 0.2) is 0 Å². The monoisotopic (exact) mass is 277 g/mol. The van der Waals surface area contributed by atoms with E-state index in [9.17, 15) is 14.7 Å². The van der Waals surface area contributed by atoms with E-state index in [0.717, 1.165) is 19.3 Å². The zero-order valence-electron chi connectivity index (χ0n) is 11.8. The van der Waals surface area contributed by atoms with Gasteiger partial charge in [0.25, 0.3) is 5.91 Å². The van der Waals surface area contributed by atoms with Crippen LogP contribution in [0.2, 0.25) is 0 Å². The highest BCUT2D eigenvalue weighted by atomic mass is 16.4. The van der Waals surface area contributed by atoms with Crippen LogP contribution in [0.5, 0.6) is 0 Å². The number of carbonyl (C=O) groups excluding carboxylic acids is 1. The molecule has 20 heavy (non-hydrogen) atoms. The predicted molar refractivity (Wildman–Crippen MR) is 72.4 cm³/mol. The summed E-state index contributed by atoms with van der Waals surface area (Å²) in [6, 6.07) is 0.937. The number of carboxylic acids is 1. The summed E-state index contributed by atoms with van der Waals surface area (Å²) in [4.78, 5) is 25.5. The van der Waals surface area contributed by atoms with Gasteiger partial charge in [-0.15, -0.1) is 0 Å². The minimum absolute atomic E-state index is 0.255. The molecule has 0 bridgehead atoms. The third-order valence-corrected chi connectivity index (χ3v) is 3.63. The first-order chi connectivity index (χ1) is 9.50. The molecule has 1 saturated heterocycles. The molecule has 2 rings (SSSR count).